The van der Waals surface area contributed by atoms with Crippen LogP contribution in [0.15, 0.2) is 17.6 Å². The van der Waals surface area contributed by atoms with Gasteiger partial charge < -0.3 is 5.73 Å². The summed E-state index contributed by atoms with van der Waals surface area (Å²) < 4.78 is 1.36. The fraction of sp³-hybridized carbons (Fsp3) is 0.286. The first-order chi connectivity index (χ1) is 6.20. The van der Waals surface area contributed by atoms with Gasteiger partial charge in [0.1, 0.15) is 17.3 Å². The number of hydrogen-bond acceptors (Lipinski definition) is 4. The average Bonchev–Trinajstić information content (AvgIpc) is 2.52. The molecule has 1 aromatic heterocycles. The van der Waals surface area contributed by atoms with E-state index in [1.165, 1.54) is 22.7 Å². The molecule has 1 aromatic rings. The lowest BCUT2D eigenvalue weighted by Gasteiger charge is -2.18. The van der Waals surface area contributed by atoms with E-state index in [-0.39, 0.29) is 5.91 Å². The minimum absolute atomic E-state index is 0.279. The van der Waals surface area contributed by atoms with Gasteiger partial charge in [-0.05, 0) is 0 Å². The van der Waals surface area contributed by atoms with Crippen molar-refractivity contribution in [2.75, 3.05) is 5.75 Å². The quantitative estimate of drug-likeness (QED) is 0.629. The van der Waals surface area contributed by atoms with Crippen LogP contribution in [0.25, 0.3) is 0 Å². The Balaban J connectivity index is 2.38. The number of nitrogens with two attached hydrogens (primary N) is 1. The number of nitrogens with zero attached hydrogens (tertiary/aromatic N) is 2. The molecule has 5 nitrogen and oxygen atoms in total. The number of amides is 1. The SMILES string of the molecule is NC(=O)C1CSc2cncn2C1=O. The maximum Gasteiger partial charge on any atom is 0.246 e. The zero-order valence-electron chi connectivity index (χ0n) is 6.64. The molecule has 68 valence electrons. The molecule has 0 spiro atoms. The van der Waals surface area contributed by atoms with Crippen LogP contribution in [0, 0.1) is 5.92 Å². The summed E-state index contributed by atoms with van der Waals surface area (Å²) >= 11 is 1.41. The van der Waals surface area contributed by atoms with Crippen molar-refractivity contribution in [1.29, 1.82) is 0 Å². The second-order valence-electron chi connectivity index (χ2n) is 2.71. The molecule has 1 aliphatic heterocycles. The van der Waals surface area contributed by atoms with E-state index in [0.717, 1.165) is 5.03 Å². The molecule has 2 rings (SSSR count). The first-order valence-electron chi connectivity index (χ1n) is 3.69. The Morgan fingerprint density at radius 2 is 2.54 bits per heavy atom. The molecule has 1 amide bonds. The highest BCUT2D eigenvalue weighted by Gasteiger charge is 2.31. The summed E-state index contributed by atoms with van der Waals surface area (Å²) in [6.45, 7) is 0. The van der Waals surface area contributed by atoms with E-state index in [1.807, 2.05) is 0 Å². The Morgan fingerprint density at radius 1 is 1.77 bits per heavy atom. The van der Waals surface area contributed by atoms with Crippen LogP contribution < -0.4 is 5.73 Å². The van der Waals surface area contributed by atoms with Crippen LogP contribution in [-0.4, -0.2) is 27.1 Å². The molecule has 2 heterocycles. The Bertz CT molecular complexity index is 374. The van der Waals surface area contributed by atoms with Crippen molar-refractivity contribution in [2.45, 2.75) is 5.03 Å². The number of thioether (sulfide) groups is 1. The second-order valence-corrected chi connectivity index (χ2v) is 3.75. The maximum atomic E-state index is 11.5. The number of rotatable bonds is 1. The van der Waals surface area contributed by atoms with Crippen LogP contribution in [0.1, 0.15) is 4.79 Å². The van der Waals surface area contributed by atoms with Gasteiger partial charge >= 0.3 is 0 Å². The monoisotopic (exact) mass is 197 g/mol. The van der Waals surface area contributed by atoms with Crippen LogP contribution in [0.4, 0.5) is 0 Å². The molecule has 2 N–H and O–H groups in total. The van der Waals surface area contributed by atoms with Crippen molar-refractivity contribution >= 4 is 23.6 Å². The third kappa shape index (κ3) is 1.23. The largest absolute Gasteiger partial charge is 0.369 e. The predicted octanol–water partition coefficient (Wildman–Crippen LogP) is -0.269. The molecular formula is C7H7N3O2S. The molecule has 0 saturated heterocycles. The first-order valence-corrected chi connectivity index (χ1v) is 4.67. The number of primary amides is 1. The fourth-order valence-corrected chi connectivity index (χ4v) is 2.22. The number of carbonyl (C=O) groups excluding carboxylic acids is 2. The van der Waals surface area contributed by atoms with Gasteiger partial charge in [0.2, 0.25) is 11.8 Å². The molecule has 13 heavy (non-hydrogen) atoms. The lowest BCUT2D eigenvalue weighted by Crippen LogP contribution is -2.37. The third-order valence-corrected chi connectivity index (χ3v) is 2.98. The third-order valence-electron chi connectivity index (χ3n) is 1.88. The van der Waals surface area contributed by atoms with E-state index in [4.69, 9.17) is 5.73 Å². The predicted molar refractivity (Wildman–Crippen MR) is 46.3 cm³/mol. The number of fused-ring (bicyclic) bond motifs is 1. The van der Waals surface area contributed by atoms with E-state index < -0.39 is 11.8 Å². The van der Waals surface area contributed by atoms with E-state index in [1.54, 1.807) is 6.20 Å². The highest BCUT2D eigenvalue weighted by atomic mass is 32.2. The number of imidazole rings is 1. The van der Waals surface area contributed by atoms with Crippen molar-refractivity contribution in [2.24, 2.45) is 11.7 Å². The molecule has 1 aliphatic rings. The van der Waals surface area contributed by atoms with Gasteiger partial charge in [-0.2, -0.15) is 0 Å². The molecule has 0 aliphatic carbocycles. The van der Waals surface area contributed by atoms with Crippen molar-refractivity contribution in [3.63, 3.8) is 0 Å². The average molecular weight is 197 g/mol. The summed E-state index contributed by atoms with van der Waals surface area (Å²) in [5.74, 6) is -1.15. The number of aromatic nitrogens is 2. The Morgan fingerprint density at radius 3 is 3.23 bits per heavy atom. The molecule has 0 aromatic carbocycles. The first kappa shape index (κ1) is 8.31. The zero-order valence-corrected chi connectivity index (χ0v) is 7.45. The van der Waals surface area contributed by atoms with Crippen LogP contribution in [0.2, 0.25) is 0 Å². The Labute approximate surface area is 78.3 Å². The van der Waals surface area contributed by atoms with Gasteiger partial charge in [-0.25, -0.2) is 4.98 Å². The standard InChI is InChI=1S/C7H7N3O2S/c8-6(11)4-2-13-5-1-9-3-10(5)7(4)12/h1,3-4H,2H2,(H2,8,11). The molecule has 6 heteroatoms. The number of hydrogen-bond donors (Lipinski definition) is 1. The van der Waals surface area contributed by atoms with Crippen LogP contribution in [0.3, 0.4) is 0 Å². The van der Waals surface area contributed by atoms with Crippen LogP contribution in [0.5, 0.6) is 0 Å². The van der Waals surface area contributed by atoms with E-state index >= 15 is 0 Å². The maximum absolute atomic E-state index is 11.5. The lowest BCUT2D eigenvalue weighted by atomic mass is 10.1. The Kier molecular flexibility index (Phi) is 1.84. The summed E-state index contributed by atoms with van der Waals surface area (Å²) in [6, 6.07) is 0. The van der Waals surface area contributed by atoms with Gasteiger partial charge in [-0.15, -0.1) is 11.8 Å². The Hall–Kier alpha value is -1.30. The summed E-state index contributed by atoms with van der Waals surface area (Å²) in [7, 11) is 0. The van der Waals surface area contributed by atoms with Gasteiger partial charge in [0, 0.05) is 5.75 Å². The highest BCUT2D eigenvalue weighted by molar-refractivity contribution is 7.99. The van der Waals surface area contributed by atoms with Crippen molar-refractivity contribution in [3.8, 4) is 0 Å². The van der Waals surface area contributed by atoms with Gasteiger partial charge in [0.25, 0.3) is 0 Å². The summed E-state index contributed by atoms with van der Waals surface area (Å²) in [6.07, 6.45) is 3.00. The van der Waals surface area contributed by atoms with Crippen molar-refractivity contribution in [3.05, 3.63) is 12.5 Å². The van der Waals surface area contributed by atoms with E-state index in [0.29, 0.717) is 5.75 Å². The lowest BCUT2D eigenvalue weighted by molar-refractivity contribution is -0.120. The number of carbonyl (C=O) groups is 2. The van der Waals surface area contributed by atoms with Crippen LogP contribution >= 0.6 is 11.8 Å². The summed E-state index contributed by atoms with van der Waals surface area (Å²) in [4.78, 5) is 26.2. The highest BCUT2D eigenvalue weighted by Crippen LogP contribution is 2.26. The molecular weight excluding hydrogens is 190 g/mol. The van der Waals surface area contributed by atoms with Gasteiger partial charge in [0.05, 0.1) is 6.20 Å². The summed E-state index contributed by atoms with van der Waals surface area (Å²) in [5, 5.41) is 0.766. The zero-order chi connectivity index (χ0) is 9.42. The van der Waals surface area contributed by atoms with Crippen molar-refractivity contribution < 1.29 is 9.59 Å². The van der Waals surface area contributed by atoms with Crippen molar-refractivity contribution in [1.82, 2.24) is 9.55 Å². The smallest absolute Gasteiger partial charge is 0.246 e. The fourth-order valence-electron chi connectivity index (χ4n) is 1.17. The summed E-state index contributed by atoms with van der Waals surface area (Å²) in [5.41, 5.74) is 5.08. The minimum Gasteiger partial charge on any atom is -0.369 e. The molecule has 0 fully saturated rings. The van der Waals surface area contributed by atoms with Gasteiger partial charge in [-0.1, -0.05) is 0 Å². The van der Waals surface area contributed by atoms with Gasteiger partial charge in [0.15, 0.2) is 0 Å². The molecule has 0 saturated carbocycles. The molecule has 0 bridgehead atoms. The second kappa shape index (κ2) is 2.88. The van der Waals surface area contributed by atoms with E-state index in [9.17, 15) is 9.59 Å². The van der Waals surface area contributed by atoms with Crippen LogP contribution in [-0.2, 0) is 4.79 Å². The van der Waals surface area contributed by atoms with Gasteiger partial charge in [-0.3, -0.25) is 14.2 Å². The minimum atomic E-state index is -0.716. The molecule has 1 unspecified atom stereocenters. The molecule has 0 radical (unpaired) electrons. The topological polar surface area (TPSA) is 78.0 Å². The normalized spacial score (nSPS) is 21.2. The van der Waals surface area contributed by atoms with E-state index in [2.05, 4.69) is 4.98 Å². The molecule has 1 atom stereocenters.